The van der Waals surface area contributed by atoms with Gasteiger partial charge in [-0.3, -0.25) is 0 Å². The first-order chi connectivity index (χ1) is 13.6. The van der Waals surface area contributed by atoms with Gasteiger partial charge < -0.3 is 14.7 Å². The zero-order chi connectivity index (χ0) is 21.5. The molecular weight excluding hydrogens is 392 g/mol. The van der Waals surface area contributed by atoms with Crippen LogP contribution in [0, 0.1) is 11.3 Å². The minimum absolute atomic E-state index is 0.0190. The van der Waals surface area contributed by atoms with Crippen LogP contribution in [0.2, 0.25) is 0 Å². The van der Waals surface area contributed by atoms with E-state index >= 15 is 0 Å². The first kappa shape index (κ1) is 23.6. The number of hydrogen-bond acceptors (Lipinski definition) is 5. The molecular formula is C21H34N2O5S. The SMILES string of the molecule is CC(O)CC(C)(C)CNS(=O)(=O)CC1CCN(C(=O)OCc2ccccc2)CC1. The van der Waals surface area contributed by atoms with E-state index in [1.807, 2.05) is 44.2 Å². The second-order valence-electron chi connectivity index (χ2n) is 8.79. The Labute approximate surface area is 174 Å². The minimum Gasteiger partial charge on any atom is -0.445 e. The van der Waals surface area contributed by atoms with Gasteiger partial charge in [-0.2, -0.15) is 0 Å². The first-order valence-electron chi connectivity index (χ1n) is 10.2. The molecule has 1 aromatic carbocycles. The Bertz CT molecular complexity index is 742. The van der Waals surface area contributed by atoms with Gasteiger partial charge in [0.1, 0.15) is 6.61 Å². The highest BCUT2D eigenvalue weighted by molar-refractivity contribution is 7.89. The number of piperidine rings is 1. The average molecular weight is 427 g/mol. The molecule has 0 bridgehead atoms. The third-order valence-corrected chi connectivity index (χ3v) is 6.65. The molecule has 1 aromatic rings. The molecule has 1 aliphatic heterocycles. The molecule has 0 aromatic heterocycles. The molecule has 0 saturated carbocycles. The average Bonchev–Trinajstić information content (AvgIpc) is 2.65. The van der Waals surface area contributed by atoms with Gasteiger partial charge in [0.25, 0.3) is 0 Å². The summed E-state index contributed by atoms with van der Waals surface area (Å²) in [5.74, 6) is 0.0792. The normalized spacial score (nSPS) is 17.2. The highest BCUT2D eigenvalue weighted by atomic mass is 32.2. The van der Waals surface area contributed by atoms with E-state index in [0.29, 0.717) is 38.9 Å². The van der Waals surface area contributed by atoms with Crippen molar-refractivity contribution in [1.82, 2.24) is 9.62 Å². The van der Waals surface area contributed by atoms with Gasteiger partial charge in [-0.05, 0) is 43.1 Å². The quantitative estimate of drug-likeness (QED) is 0.633. The van der Waals surface area contributed by atoms with Crippen LogP contribution in [0.4, 0.5) is 4.79 Å². The van der Waals surface area contributed by atoms with Crippen LogP contribution in [0.1, 0.15) is 45.6 Å². The molecule has 1 saturated heterocycles. The number of rotatable bonds is 9. The maximum Gasteiger partial charge on any atom is 0.410 e. The predicted molar refractivity (Wildman–Crippen MR) is 113 cm³/mol. The van der Waals surface area contributed by atoms with Crippen molar-refractivity contribution < 1.29 is 23.1 Å². The highest BCUT2D eigenvalue weighted by Crippen LogP contribution is 2.23. The summed E-state index contributed by atoms with van der Waals surface area (Å²) in [6, 6.07) is 9.51. The Morgan fingerprint density at radius 2 is 1.90 bits per heavy atom. The number of aliphatic hydroxyl groups excluding tert-OH is 1. The fourth-order valence-electron chi connectivity index (χ4n) is 3.64. The Morgan fingerprint density at radius 3 is 2.48 bits per heavy atom. The number of nitrogens with zero attached hydrogens (tertiary/aromatic N) is 1. The lowest BCUT2D eigenvalue weighted by Gasteiger charge is -2.31. The molecule has 1 amide bonds. The predicted octanol–water partition coefficient (Wildman–Crippen LogP) is 2.75. The van der Waals surface area contributed by atoms with Crippen LogP contribution in [0.15, 0.2) is 30.3 Å². The summed E-state index contributed by atoms with van der Waals surface area (Å²) in [4.78, 5) is 13.9. The highest BCUT2D eigenvalue weighted by Gasteiger charge is 2.29. The van der Waals surface area contributed by atoms with Crippen molar-refractivity contribution in [3.8, 4) is 0 Å². The number of hydrogen-bond donors (Lipinski definition) is 2. The third-order valence-electron chi connectivity index (χ3n) is 5.15. The summed E-state index contributed by atoms with van der Waals surface area (Å²) in [5, 5.41) is 9.53. The summed E-state index contributed by atoms with van der Waals surface area (Å²) < 4.78 is 32.9. The summed E-state index contributed by atoms with van der Waals surface area (Å²) >= 11 is 0. The smallest absolute Gasteiger partial charge is 0.410 e. The van der Waals surface area contributed by atoms with E-state index < -0.39 is 16.1 Å². The molecule has 8 heteroatoms. The summed E-state index contributed by atoms with van der Waals surface area (Å²) in [6.07, 6.45) is 0.976. The third kappa shape index (κ3) is 8.72. The molecule has 1 heterocycles. The lowest BCUT2D eigenvalue weighted by Crippen LogP contribution is -2.42. The molecule has 2 N–H and O–H groups in total. The molecule has 1 fully saturated rings. The Hall–Kier alpha value is -1.64. The van der Waals surface area contributed by atoms with Crippen molar-refractivity contribution in [2.24, 2.45) is 11.3 Å². The number of nitrogens with one attached hydrogen (secondary N) is 1. The van der Waals surface area contributed by atoms with Crippen LogP contribution in [-0.2, 0) is 21.4 Å². The number of sulfonamides is 1. The molecule has 0 spiro atoms. The van der Waals surface area contributed by atoms with E-state index in [4.69, 9.17) is 4.74 Å². The molecule has 29 heavy (non-hydrogen) atoms. The number of benzene rings is 1. The van der Waals surface area contributed by atoms with Crippen molar-refractivity contribution in [3.63, 3.8) is 0 Å². The number of aliphatic hydroxyl groups is 1. The van der Waals surface area contributed by atoms with Crippen molar-refractivity contribution in [2.45, 2.75) is 52.7 Å². The maximum absolute atomic E-state index is 12.4. The molecule has 0 aliphatic carbocycles. The van der Waals surface area contributed by atoms with Gasteiger partial charge in [-0.1, -0.05) is 44.2 Å². The molecule has 1 atom stereocenters. The van der Waals surface area contributed by atoms with Gasteiger partial charge in [0.05, 0.1) is 11.9 Å². The summed E-state index contributed by atoms with van der Waals surface area (Å²) in [7, 11) is -3.40. The Balaban J connectivity index is 1.73. The van der Waals surface area contributed by atoms with Crippen LogP contribution in [0.5, 0.6) is 0 Å². The summed E-state index contributed by atoms with van der Waals surface area (Å²) in [5.41, 5.74) is 0.624. The van der Waals surface area contributed by atoms with E-state index in [-0.39, 0.29) is 29.8 Å². The molecule has 2 rings (SSSR count). The van der Waals surface area contributed by atoms with Crippen molar-refractivity contribution in [3.05, 3.63) is 35.9 Å². The van der Waals surface area contributed by atoms with Gasteiger partial charge in [-0.15, -0.1) is 0 Å². The topological polar surface area (TPSA) is 95.9 Å². The maximum atomic E-state index is 12.4. The van der Waals surface area contributed by atoms with Gasteiger partial charge in [0, 0.05) is 19.6 Å². The first-order valence-corrected chi connectivity index (χ1v) is 11.8. The zero-order valence-electron chi connectivity index (χ0n) is 17.6. The number of likely N-dealkylation sites (tertiary alicyclic amines) is 1. The second kappa shape index (κ2) is 10.4. The number of carbonyl (C=O) groups excluding carboxylic acids is 1. The van der Waals surface area contributed by atoms with E-state index in [1.54, 1.807) is 11.8 Å². The van der Waals surface area contributed by atoms with Gasteiger partial charge >= 0.3 is 6.09 Å². The lowest BCUT2D eigenvalue weighted by molar-refractivity contribution is 0.0839. The number of carbonyl (C=O) groups is 1. The van der Waals surface area contributed by atoms with Gasteiger partial charge in [0.2, 0.25) is 10.0 Å². The van der Waals surface area contributed by atoms with E-state index in [1.165, 1.54) is 0 Å². The second-order valence-corrected chi connectivity index (χ2v) is 10.6. The zero-order valence-corrected chi connectivity index (χ0v) is 18.5. The summed E-state index contributed by atoms with van der Waals surface area (Å²) in [6.45, 7) is 7.10. The van der Waals surface area contributed by atoms with E-state index in [0.717, 1.165) is 5.56 Å². The molecule has 0 radical (unpaired) electrons. The van der Waals surface area contributed by atoms with Crippen LogP contribution in [-0.4, -0.2) is 56.0 Å². The standard InChI is InChI=1S/C21H34N2O5S/c1-17(24)13-21(2,3)16-22-29(26,27)15-19-9-11-23(12-10-19)20(25)28-14-18-7-5-4-6-8-18/h4-8,17,19,22,24H,9-16H2,1-3H3. The van der Waals surface area contributed by atoms with E-state index in [9.17, 15) is 18.3 Å². The van der Waals surface area contributed by atoms with Crippen LogP contribution in [0.3, 0.4) is 0 Å². The number of ether oxygens (including phenoxy) is 1. The van der Waals surface area contributed by atoms with Crippen LogP contribution >= 0.6 is 0 Å². The minimum atomic E-state index is -3.40. The van der Waals surface area contributed by atoms with Crippen molar-refractivity contribution >= 4 is 16.1 Å². The number of amides is 1. The largest absolute Gasteiger partial charge is 0.445 e. The Kier molecular flexibility index (Phi) is 8.48. The van der Waals surface area contributed by atoms with Crippen LogP contribution < -0.4 is 4.72 Å². The van der Waals surface area contributed by atoms with E-state index in [2.05, 4.69) is 4.72 Å². The molecule has 164 valence electrons. The monoisotopic (exact) mass is 426 g/mol. The van der Waals surface area contributed by atoms with Crippen molar-refractivity contribution in [1.29, 1.82) is 0 Å². The van der Waals surface area contributed by atoms with Crippen molar-refractivity contribution in [2.75, 3.05) is 25.4 Å². The molecule has 1 unspecified atom stereocenters. The fourth-order valence-corrected chi connectivity index (χ4v) is 5.32. The molecule has 7 nitrogen and oxygen atoms in total. The van der Waals surface area contributed by atoms with Crippen LogP contribution in [0.25, 0.3) is 0 Å². The Morgan fingerprint density at radius 1 is 1.28 bits per heavy atom. The molecule has 1 aliphatic rings. The fraction of sp³-hybridized carbons (Fsp3) is 0.667. The lowest BCUT2D eigenvalue weighted by atomic mass is 9.87. The van der Waals surface area contributed by atoms with Gasteiger partial charge in [-0.25, -0.2) is 17.9 Å². The van der Waals surface area contributed by atoms with Gasteiger partial charge in [0.15, 0.2) is 0 Å².